The van der Waals surface area contributed by atoms with Crippen LogP contribution in [-0.2, 0) is 0 Å². The minimum atomic E-state index is 0.334. The third-order valence-electron chi connectivity index (χ3n) is 2.84. The Bertz CT molecular complexity index is 358. The summed E-state index contributed by atoms with van der Waals surface area (Å²) in [5, 5.41) is 3.29. The fraction of sp³-hybridized carbons (Fsp3) is 0.429. The fourth-order valence-corrected chi connectivity index (χ4v) is 1.77. The predicted octanol–water partition coefficient (Wildman–Crippen LogP) is 3.06. The summed E-state index contributed by atoms with van der Waals surface area (Å²) in [6, 6.07) is 8.68. The smallest absolute Gasteiger partial charge is 0.120 e. The van der Waals surface area contributed by atoms with Gasteiger partial charge in [-0.2, -0.15) is 0 Å². The maximum atomic E-state index is 5.79. The Kier molecular flexibility index (Phi) is 3.62. The van der Waals surface area contributed by atoms with Gasteiger partial charge >= 0.3 is 0 Å². The molecule has 1 fully saturated rings. The second kappa shape index (κ2) is 5.17. The molecule has 2 nitrogen and oxygen atoms in total. The van der Waals surface area contributed by atoms with Crippen molar-refractivity contribution in [1.29, 1.82) is 0 Å². The van der Waals surface area contributed by atoms with Crippen LogP contribution in [0.4, 0.5) is 0 Å². The lowest BCUT2D eigenvalue weighted by molar-refractivity contribution is 0.302. The number of benzene rings is 1. The largest absolute Gasteiger partial charge is 0.490 e. The molecule has 0 aromatic heterocycles. The molecule has 0 spiro atoms. The van der Waals surface area contributed by atoms with Gasteiger partial charge in [-0.05, 0) is 44.0 Å². The van der Waals surface area contributed by atoms with Crippen LogP contribution in [0.15, 0.2) is 36.9 Å². The molecule has 1 aliphatic rings. The highest BCUT2D eigenvalue weighted by Gasteiger charge is 2.23. The highest BCUT2D eigenvalue weighted by atomic mass is 16.5. The van der Waals surface area contributed by atoms with E-state index in [1.54, 1.807) is 0 Å². The zero-order valence-corrected chi connectivity index (χ0v) is 9.78. The Balaban J connectivity index is 2.09. The highest BCUT2D eigenvalue weighted by Crippen LogP contribution is 2.28. The van der Waals surface area contributed by atoms with Crippen LogP contribution < -0.4 is 10.1 Å². The van der Waals surface area contributed by atoms with Gasteiger partial charge in [-0.15, -0.1) is 6.58 Å². The fourth-order valence-electron chi connectivity index (χ4n) is 1.77. The molecule has 0 saturated heterocycles. The SMILES string of the molecule is C=CCC(NC)c1cccc(OC2CC2)c1. The molecule has 1 saturated carbocycles. The summed E-state index contributed by atoms with van der Waals surface area (Å²) in [5.41, 5.74) is 1.26. The molecular weight excluding hydrogens is 198 g/mol. The van der Waals surface area contributed by atoms with Gasteiger partial charge in [0.25, 0.3) is 0 Å². The van der Waals surface area contributed by atoms with Gasteiger partial charge in [0.05, 0.1) is 6.10 Å². The van der Waals surface area contributed by atoms with Crippen LogP contribution in [0.2, 0.25) is 0 Å². The zero-order valence-electron chi connectivity index (χ0n) is 9.78. The molecule has 1 aromatic carbocycles. The van der Waals surface area contributed by atoms with Gasteiger partial charge < -0.3 is 10.1 Å². The average Bonchev–Trinajstić information content (AvgIpc) is 3.10. The Morgan fingerprint density at radius 2 is 2.38 bits per heavy atom. The van der Waals surface area contributed by atoms with Crippen molar-refractivity contribution in [3.8, 4) is 5.75 Å². The number of ether oxygens (including phenoxy) is 1. The van der Waals surface area contributed by atoms with Gasteiger partial charge in [-0.3, -0.25) is 0 Å². The van der Waals surface area contributed by atoms with Crippen molar-refractivity contribution in [3.05, 3.63) is 42.5 Å². The molecule has 1 aromatic rings. The highest BCUT2D eigenvalue weighted by molar-refractivity contribution is 5.31. The number of nitrogens with one attached hydrogen (secondary N) is 1. The van der Waals surface area contributed by atoms with Crippen LogP contribution in [0.5, 0.6) is 5.75 Å². The molecule has 0 amide bonds. The van der Waals surface area contributed by atoms with Gasteiger partial charge in [0.1, 0.15) is 5.75 Å². The third-order valence-corrected chi connectivity index (χ3v) is 2.84. The van der Waals surface area contributed by atoms with Crippen molar-refractivity contribution < 1.29 is 4.74 Å². The van der Waals surface area contributed by atoms with Crippen molar-refractivity contribution in [1.82, 2.24) is 5.32 Å². The minimum absolute atomic E-state index is 0.334. The van der Waals surface area contributed by atoms with E-state index in [9.17, 15) is 0 Å². The Morgan fingerprint density at radius 1 is 1.56 bits per heavy atom. The molecule has 0 bridgehead atoms. The van der Waals surface area contributed by atoms with Crippen LogP contribution in [0.3, 0.4) is 0 Å². The molecule has 0 heterocycles. The van der Waals surface area contributed by atoms with E-state index in [4.69, 9.17) is 4.74 Å². The Morgan fingerprint density at radius 3 is 3.00 bits per heavy atom. The van der Waals surface area contributed by atoms with Crippen molar-refractivity contribution >= 4 is 0 Å². The van der Waals surface area contributed by atoms with Crippen LogP contribution >= 0.6 is 0 Å². The molecule has 1 N–H and O–H groups in total. The quantitative estimate of drug-likeness (QED) is 0.739. The van der Waals surface area contributed by atoms with E-state index in [1.807, 2.05) is 19.2 Å². The molecule has 0 aliphatic heterocycles. The molecule has 1 aliphatic carbocycles. The Hall–Kier alpha value is -1.28. The van der Waals surface area contributed by atoms with Crippen LogP contribution in [0.25, 0.3) is 0 Å². The second-order valence-corrected chi connectivity index (χ2v) is 4.26. The van der Waals surface area contributed by atoms with Gasteiger partial charge in [-0.1, -0.05) is 18.2 Å². The summed E-state index contributed by atoms with van der Waals surface area (Å²) in [7, 11) is 1.97. The van der Waals surface area contributed by atoms with Crippen molar-refractivity contribution in [2.75, 3.05) is 7.05 Å². The summed E-state index contributed by atoms with van der Waals surface area (Å²) in [6.45, 7) is 3.78. The van der Waals surface area contributed by atoms with E-state index in [0.717, 1.165) is 12.2 Å². The van der Waals surface area contributed by atoms with Gasteiger partial charge in [0, 0.05) is 6.04 Å². The average molecular weight is 217 g/mol. The van der Waals surface area contributed by atoms with Gasteiger partial charge in [0.2, 0.25) is 0 Å². The van der Waals surface area contributed by atoms with E-state index in [0.29, 0.717) is 12.1 Å². The molecule has 16 heavy (non-hydrogen) atoms. The predicted molar refractivity (Wildman–Crippen MR) is 66.7 cm³/mol. The lowest BCUT2D eigenvalue weighted by Crippen LogP contribution is -2.15. The van der Waals surface area contributed by atoms with E-state index in [2.05, 4.69) is 30.1 Å². The van der Waals surface area contributed by atoms with Crippen molar-refractivity contribution in [3.63, 3.8) is 0 Å². The van der Waals surface area contributed by atoms with E-state index in [1.165, 1.54) is 18.4 Å². The van der Waals surface area contributed by atoms with Gasteiger partial charge in [0.15, 0.2) is 0 Å². The first kappa shape index (κ1) is 11.2. The first-order valence-corrected chi connectivity index (χ1v) is 5.88. The lowest BCUT2D eigenvalue weighted by atomic mass is 10.0. The summed E-state index contributed by atoms with van der Waals surface area (Å²) in [4.78, 5) is 0. The summed E-state index contributed by atoms with van der Waals surface area (Å²) < 4.78 is 5.79. The van der Waals surface area contributed by atoms with E-state index < -0.39 is 0 Å². The van der Waals surface area contributed by atoms with Gasteiger partial charge in [-0.25, -0.2) is 0 Å². The van der Waals surface area contributed by atoms with Crippen LogP contribution in [0, 0.1) is 0 Å². The topological polar surface area (TPSA) is 21.3 Å². The lowest BCUT2D eigenvalue weighted by Gasteiger charge is -2.15. The summed E-state index contributed by atoms with van der Waals surface area (Å²) in [5.74, 6) is 0.990. The molecule has 0 radical (unpaired) electrons. The number of hydrogen-bond donors (Lipinski definition) is 1. The minimum Gasteiger partial charge on any atom is -0.490 e. The molecule has 1 atom stereocenters. The van der Waals surface area contributed by atoms with Crippen LogP contribution in [-0.4, -0.2) is 13.2 Å². The maximum absolute atomic E-state index is 5.79. The Labute approximate surface area is 97.3 Å². The summed E-state index contributed by atoms with van der Waals surface area (Å²) >= 11 is 0. The molecule has 1 unspecified atom stereocenters. The molecular formula is C14H19NO. The van der Waals surface area contributed by atoms with Crippen LogP contribution in [0.1, 0.15) is 30.9 Å². The molecule has 86 valence electrons. The maximum Gasteiger partial charge on any atom is 0.120 e. The summed E-state index contributed by atoms with van der Waals surface area (Å²) in [6.07, 6.45) is 5.74. The molecule has 2 rings (SSSR count). The number of rotatable bonds is 6. The second-order valence-electron chi connectivity index (χ2n) is 4.26. The van der Waals surface area contributed by atoms with E-state index >= 15 is 0 Å². The van der Waals surface area contributed by atoms with E-state index in [-0.39, 0.29) is 0 Å². The zero-order chi connectivity index (χ0) is 11.4. The molecule has 2 heteroatoms. The van der Waals surface area contributed by atoms with Crippen molar-refractivity contribution in [2.45, 2.75) is 31.4 Å². The first-order chi connectivity index (χ1) is 7.83. The third kappa shape index (κ3) is 2.86. The normalized spacial score (nSPS) is 16.8. The first-order valence-electron chi connectivity index (χ1n) is 5.88. The number of hydrogen-bond acceptors (Lipinski definition) is 2. The van der Waals surface area contributed by atoms with Crippen molar-refractivity contribution in [2.24, 2.45) is 0 Å². The monoisotopic (exact) mass is 217 g/mol. The standard InChI is InChI=1S/C14H19NO/c1-3-5-14(15-2)11-6-4-7-13(10-11)16-12-8-9-12/h3-4,6-7,10,12,14-15H,1,5,8-9H2,2H3.